The maximum absolute atomic E-state index is 12.4. The average molecular weight is 438 g/mol. The molecule has 0 saturated heterocycles. The number of nitrogens with two attached hydrogens (primary N) is 1. The predicted molar refractivity (Wildman–Crippen MR) is 125 cm³/mol. The largest absolute Gasteiger partial charge is 0.488 e. The Kier molecular flexibility index (Phi) is 8.68. The van der Waals surface area contributed by atoms with Gasteiger partial charge in [0.05, 0.1) is 5.69 Å². The third kappa shape index (κ3) is 6.25. The van der Waals surface area contributed by atoms with Gasteiger partial charge in [-0.2, -0.15) is 5.10 Å². The quantitative estimate of drug-likeness (QED) is 0.289. The molecule has 0 aliphatic rings. The molecular formula is C22H27BN4O5. The first-order chi connectivity index (χ1) is 15.2. The lowest BCUT2D eigenvalue weighted by molar-refractivity contribution is -0.123. The Bertz CT molecular complexity index is 1110. The van der Waals surface area contributed by atoms with Crippen LogP contribution in [0.5, 0.6) is 0 Å². The summed E-state index contributed by atoms with van der Waals surface area (Å²) >= 11 is 0. The number of nitrogens with one attached hydrogen (secondary N) is 1. The van der Waals surface area contributed by atoms with Crippen molar-refractivity contribution in [1.29, 1.82) is 0 Å². The van der Waals surface area contributed by atoms with Gasteiger partial charge in [-0.1, -0.05) is 32.0 Å². The van der Waals surface area contributed by atoms with Crippen LogP contribution in [0, 0.1) is 12.8 Å². The summed E-state index contributed by atoms with van der Waals surface area (Å²) in [6.45, 7) is 5.74. The minimum Gasteiger partial charge on any atom is -0.483 e. The maximum atomic E-state index is 12.4. The fraction of sp³-hybridized carbons (Fsp3) is 0.273. The SMILES string of the molecule is Cc1nnc(N)c2ccc(-c3cc(B(O)O)ccc3NC(=O)CCC(C)C)cc12.O=CO. The minimum atomic E-state index is -1.61. The summed E-state index contributed by atoms with van der Waals surface area (Å²) in [5.74, 6) is 0.699. The second-order valence-corrected chi connectivity index (χ2v) is 7.70. The molecule has 0 bridgehead atoms. The number of fused-ring (bicyclic) bond motifs is 1. The second kappa shape index (κ2) is 11.2. The van der Waals surface area contributed by atoms with E-state index in [0.29, 0.717) is 34.9 Å². The van der Waals surface area contributed by atoms with Crippen LogP contribution in [0.4, 0.5) is 11.5 Å². The molecule has 0 radical (unpaired) electrons. The van der Waals surface area contributed by atoms with Crippen molar-refractivity contribution in [2.24, 2.45) is 5.92 Å². The van der Waals surface area contributed by atoms with Crippen LogP contribution in [0.15, 0.2) is 36.4 Å². The molecule has 1 amide bonds. The second-order valence-electron chi connectivity index (χ2n) is 7.70. The van der Waals surface area contributed by atoms with Crippen LogP contribution in [-0.4, -0.2) is 44.8 Å². The van der Waals surface area contributed by atoms with Gasteiger partial charge in [-0.05, 0) is 48.5 Å². The van der Waals surface area contributed by atoms with Gasteiger partial charge < -0.3 is 26.2 Å². The maximum Gasteiger partial charge on any atom is 0.488 e. The number of benzene rings is 2. The van der Waals surface area contributed by atoms with Crippen molar-refractivity contribution in [3.8, 4) is 11.1 Å². The molecule has 168 valence electrons. The lowest BCUT2D eigenvalue weighted by atomic mass is 9.78. The van der Waals surface area contributed by atoms with Crippen molar-refractivity contribution in [1.82, 2.24) is 10.2 Å². The number of amides is 1. The van der Waals surface area contributed by atoms with Crippen LogP contribution in [0.1, 0.15) is 32.4 Å². The van der Waals surface area contributed by atoms with E-state index in [1.165, 1.54) is 0 Å². The minimum absolute atomic E-state index is 0.0793. The summed E-state index contributed by atoms with van der Waals surface area (Å²) in [5.41, 5.74) is 9.10. The van der Waals surface area contributed by atoms with Gasteiger partial charge in [0.15, 0.2) is 5.82 Å². The van der Waals surface area contributed by atoms with Gasteiger partial charge in [-0.3, -0.25) is 9.59 Å². The van der Waals surface area contributed by atoms with E-state index in [1.807, 2.05) is 25.1 Å². The van der Waals surface area contributed by atoms with Gasteiger partial charge >= 0.3 is 7.12 Å². The topological polar surface area (TPSA) is 159 Å². The molecule has 0 aliphatic carbocycles. The van der Waals surface area contributed by atoms with Gasteiger partial charge in [-0.25, -0.2) is 0 Å². The first-order valence-corrected chi connectivity index (χ1v) is 10.1. The molecule has 3 rings (SSSR count). The van der Waals surface area contributed by atoms with Gasteiger partial charge in [0, 0.05) is 28.4 Å². The zero-order valence-electron chi connectivity index (χ0n) is 18.2. The molecule has 0 atom stereocenters. The molecule has 0 aliphatic heterocycles. The molecule has 1 aromatic heterocycles. The van der Waals surface area contributed by atoms with Gasteiger partial charge in [0.25, 0.3) is 6.47 Å². The molecule has 3 aromatic rings. The van der Waals surface area contributed by atoms with Gasteiger partial charge in [0.1, 0.15) is 0 Å². The molecule has 0 fully saturated rings. The molecule has 32 heavy (non-hydrogen) atoms. The van der Waals surface area contributed by atoms with Crippen molar-refractivity contribution < 1.29 is 24.7 Å². The van der Waals surface area contributed by atoms with Crippen molar-refractivity contribution in [2.75, 3.05) is 11.1 Å². The lowest BCUT2D eigenvalue weighted by Gasteiger charge is -2.15. The van der Waals surface area contributed by atoms with E-state index in [4.69, 9.17) is 15.6 Å². The summed E-state index contributed by atoms with van der Waals surface area (Å²) in [6, 6.07) is 10.6. The average Bonchev–Trinajstić information content (AvgIpc) is 2.75. The number of carbonyl (C=O) groups is 2. The Labute approximate surface area is 186 Å². The molecule has 1 heterocycles. The van der Waals surface area contributed by atoms with Crippen molar-refractivity contribution in [3.05, 3.63) is 42.1 Å². The number of carboxylic acid groups (broad SMARTS) is 1. The predicted octanol–water partition coefficient (Wildman–Crippen LogP) is 1.94. The molecule has 0 saturated carbocycles. The highest BCUT2D eigenvalue weighted by Crippen LogP contribution is 2.32. The molecule has 2 aromatic carbocycles. The highest BCUT2D eigenvalue weighted by molar-refractivity contribution is 6.58. The van der Waals surface area contributed by atoms with E-state index >= 15 is 0 Å². The Morgan fingerprint density at radius 1 is 1.16 bits per heavy atom. The molecule has 10 heteroatoms. The molecule has 6 N–H and O–H groups in total. The Morgan fingerprint density at radius 3 is 2.47 bits per heavy atom. The normalized spacial score (nSPS) is 10.4. The van der Waals surface area contributed by atoms with Crippen LogP contribution in [0.3, 0.4) is 0 Å². The van der Waals surface area contributed by atoms with E-state index in [2.05, 4.69) is 29.4 Å². The Hall–Kier alpha value is -3.50. The lowest BCUT2D eigenvalue weighted by Crippen LogP contribution is -2.30. The highest BCUT2D eigenvalue weighted by atomic mass is 16.4. The van der Waals surface area contributed by atoms with Crippen LogP contribution in [0.25, 0.3) is 21.9 Å². The number of hydrogen-bond donors (Lipinski definition) is 5. The number of rotatable bonds is 6. The third-order valence-electron chi connectivity index (χ3n) is 4.87. The summed E-state index contributed by atoms with van der Waals surface area (Å²) in [4.78, 5) is 20.7. The van der Waals surface area contributed by atoms with E-state index in [9.17, 15) is 14.8 Å². The summed E-state index contributed by atoms with van der Waals surface area (Å²) in [5, 5.41) is 38.7. The zero-order chi connectivity index (χ0) is 23.8. The number of hydrogen-bond acceptors (Lipinski definition) is 7. The van der Waals surface area contributed by atoms with Crippen LogP contribution in [-0.2, 0) is 9.59 Å². The number of carbonyl (C=O) groups excluding carboxylic acids is 1. The van der Waals surface area contributed by atoms with Crippen molar-refractivity contribution in [3.63, 3.8) is 0 Å². The zero-order valence-corrected chi connectivity index (χ0v) is 18.2. The number of anilines is 2. The number of aromatic nitrogens is 2. The van der Waals surface area contributed by atoms with Crippen LogP contribution < -0.4 is 16.5 Å². The number of aryl methyl sites for hydroxylation is 1. The third-order valence-corrected chi connectivity index (χ3v) is 4.87. The summed E-state index contributed by atoms with van der Waals surface area (Å²) in [7, 11) is -1.61. The summed E-state index contributed by atoms with van der Waals surface area (Å²) < 4.78 is 0. The van der Waals surface area contributed by atoms with E-state index in [0.717, 1.165) is 28.5 Å². The first-order valence-electron chi connectivity index (χ1n) is 10.1. The molecular weight excluding hydrogens is 411 g/mol. The monoisotopic (exact) mass is 438 g/mol. The van der Waals surface area contributed by atoms with Crippen LogP contribution in [0.2, 0.25) is 0 Å². The fourth-order valence-corrected chi connectivity index (χ4v) is 3.17. The fourth-order valence-electron chi connectivity index (χ4n) is 3.17. The highest BCUT2D eigenvalue weighted by Gasteiger charge is 2.17. The first kappa shape index (κ1) is 24.8. The van der Waals surface area contributed by atoms with Gasteiger partial charge in [-0.15, -0.1) is 5.10 Å². The van der Waals surface area contributed by atoms with Crippen molar-refractivity contribution in [2.45, 2.75) is 33.6 Å². The van der Waals surface area contributed by atoms with E-state index in [-0.39, 0.29) is 12.4 Å². The van der Waals surface area contributed by atoms with Crippen LogP contribution >= 0.6 is 0 Å². The molecule has 0 spiro atoms. The van der Waals surface area contributed by atoms with E-state index < -0.39 is 7.12 Å². The van der Waals surface area contributed by atoms with Gasteiger partial charge in [0.2, 0.25) is 5.91 Å². The number of nitrogens with zero attached hydrogens (tertiary/aromatic N) is 2. The molecule has 0 unspecified atom stereocenters. The molecule has 9 nitrogen and oxygen atoms in total. The van der Waals surface area contributed by atoms with Crippen molar-refractivity contribution >= 4 is 47.2 Å². The number of nitrogen functional groups attached to an aromatic ring is 1. The smallest absolute Gasteiger partial charge is 0.483 e. The Balaban J connectivity index is 0.00000114. The standard InChI is InChI=1S/C21H25BN4O3.CH2O2/c1-12(2)4-9-20(27)24-19-8-6-15(22(28)29)11-18(19)14-5-7-16-17(10-14)13(3)25-26-21(16)23;2-1-3/h5-8,10-12,28-29H,4,9H2,1-3H3,(H2,23,26)(H,24,27);1H,(H,2,3). The Morgan fingerprint density at radius 2 is 1.84 bits per heavy atom. The van der Waals surface area contributed by atoms with E-state index in [1.54, 1.807) is 18.2 Å². The summed E-state index contributed by atoms with van der Waals surface area (Å²) in [6.07, 6.45) is 1.21.